The van der Waals surface area contributed by atoms with Crippen molar-refractivity contribution in [2.24, 2.45) is 0 Å². The Morgan fingerprint density at radius 3 is 2.29 bits per heavy atom. The summed E-state index contributed by atoms with van der Waals surface area (Å²) in [6.07, 6.45) is 2.70. The zero-order valence-corrected chi connectivity index (χ0v) is 11.3. The minimum Gasteiger partial charge on any atom is -0.478 e. The maximum absolute atomic E-state index is 10.3. The maximum Gasteiger partial charge on any atom is 0.328 e. The smallest absolute Gasteiger partial charge is 0.328 e. The largest absolute Gasteiger partial charge is 0.478 e. The van der Waals surface area contributed by atoms with E-state index in [0.717, 1.165) is 17.2 Å². The van der Waals surface area contributed by atoms with Gasteiger partial charge in [0, 0.05) is 11.6 Å². The molecule has 0 amide bonds. The van der Waals surface area contributed by atoms with Gasteiger partial charge in [0.25, 0.3) is 0 Å². The van der Waals surface area contributed by atoms with E-state index in [2.05, 4.69) is 31.1 Å². The first-order valence-electron chi connectivity index (χ1n) is 5.41. The number of hydrogen-bond acceptors (Lipinski definition) is 1. The Bertz CT molecular complexity index is 482. The highest BCUT2D eigenvalue weighted by molar-refractivity contribution is 6.83. The van der Waals surface area contributed by atoms with Gasteiger partial charge in [-0.25, -0.2) is 4.79 Å². The van der Waals surface area contributed by atoms with E-state index < -0.39 is 14.0 Å². The van der Waals surface area contributed by atoms with Crippen LogP contribution < -0.4 is 0 Å². The van der Waals surface area contributed by atoms with E-state index >= 15 is 0 Å². The second kappa shape index (κ2) is 5.51. The normalized spacial score (nSPS) is 11.0. The van der Waals surface area contributed by atoms with Gasteiger partial charge < -0.3 is 5.11 Å². The fraction of sp³-hybridized carbons (Fsp3) is 0.214. The number of carboxylic acids is 1. The van der Waals surface area contributed by atoms with Crippen molar-refractivity contribution in [2.45, 2.75) is 19.6 Å². The van der Waals surface area contributed by atoms with Gasteiger partial charge in [-0.3, -0.25) is 0 Å². The van der Waals surface area contributed by atoms with E-state index in [4.69, 9.17) is 5.11 Å². The molecule has 0 aliphatic heterocycles. The monoisotopic (exact) mass is 244 g/mol. The van der Waals surface area contributed by atoms with Gasteiger partial charge in [0.15, 0.2) is 0 Å². The lowest BCUT2D eigenvalue weighted by Gasteiger charge is -2.03. The highest BCUT2D eigenvalue weighted by Crippen LogP contribution is 2.06. The Kier molecular flexibility index (Phi) is 4.30. The summed E-state index contributed by atoms with van der Waals surface area (Å²) in [7, 11) is -1.34. The van der Waals surface area contributed by atoms with Gasteiger partial charge >= 0.3 is 5.97 Å². The minimum absolute atomic E-state index is 0.867. The summed E-state index contributed by atoms with van der Waals surface area (Å²) < 4.78 is 0. The molecule has 0 saturated heterocycles. The molecule has 17 heavy (non-hydrogen) atoms. The van der Waals surface area contributed by atoms with Crippen molar-refractivity contribution < 1.29 is 9.90 Å². The molecule has 2 nitrogen and oxygen atoms in total. The molecule has 0 fully saturated rings. The van der Waals surface area contributed by atoms with Crippen LogP contribution in [0, 0.1) is 11.5 Å². The molecule has 1 aromatic rings. The molecule has 88 valence electrons. The number of carboxylic acid groups (broad SMARTS) is 1. The third kappa shape index (κ3) is 5.74. The van der Waals surface area contributed by atoms with Crippen molar-refractivity contribution in [2.75, 3.05) is 0 Å². The van der Waals surface area contributed by atoms with Crippen LogP contribution in [0.25, 0.3) is 6.08 Å². The molecule has 0 atom stereocenters. The molecule has 1 N–H and O–H groups in total. The molecule has 0 aliphatic rings. The second-order valence-electron chi connectivity index (χ2n) is 4.79. The van der Waals surface area contributed by atoms with E-state index in [1.807, 2.05) is 24.3 Å². The van der Waals surface area contributed by atoms with E-state index in [1.165, 1.54) is 0 Å². The summed E-state index contributed by atoms with van der Waals surface area (Å²) in [5.74, 6) is 2.21. The summed E-state index contributed by atoms with van der Waals surface area (Å²) >= 11 is 0. The van der Waals surface area contributed by atoms with E-state index in [9.17, 15) is 4.79 Å². The van der Waals surface area contributed by atoms with Gasteiger partial charge in [0.2, 0.25) is 0 Å². The summed E-state index contributed by atoms with van der Waals surface area (Å²) in [5.41, 5.74) is 5.12. The molecule has 0 bridgehead atoms. The molecule has 0 unspecified atom stereocenters. The van der Waals surface area contributed by atoms with Crippen molar-refractivity contribution in [1.82, 2.24) is 0 Å². The van der Waals surface area contributed by atoms with Gasteiger partial charge in [0.05, 0.1) is 0 Å². The van der Waals surface area contributed by atoms with Gasteiger partial charge in [-0.05, 0) is 23.8 Å². The number of rotatable bonds is 2. The molecule has 1 aromatic carbocycles. The van der Waals surface area contributed by atoms with Crippen LogP contribution >= 0.6 is 0 Å². The first kappa shape index (κ1) is 13.3. The Morgan fingerprint density at radius 2 is 1.82 bits per heavy atom. The molecule has 0 saturated carbocycles. The number of hydrogen-bond donors (Lipinski definition) is 1. The fourth-order valence-corrected chi connectivity index (χ4v) is 1.62. The van der Waals surface area contributed by atoms with Crippen molar-refractivity contribution in [3.8, 4) is 11.5 Å². The van der Waals surface area contributed by atoms with E-state index in [0.29, 0.717) is 0 Å². The summed E-state index contributed by atoms with van der Waals surface area (Å²) in [6, 6.07) is 7.56. The first-order chi connectivity index (χ1) is 7.87. The molecule has 0 heterocycles. The Morgan fingerprint density at radius 1 is 1.24 bits per heavy atom. The zero-order chi connectivity index (χ0) is 12.9. The van der Waals surface area contributed by atoms with Crippen LogP contribution in [0.4, 0.5) is 0 Å². The van der Waals surface area contributed by atoms with Crippen molar-refractivity contribution in [3.05, 3.63) is 41.5 Å². The molecule has 1 rings (SSSR count). The quantitative estimate of drug-likeness (QED) is 0.493. The van der Waals surface area contributed by atoms with Gasteiger partial charge in [-0.15, -0.1) is 5.54 Å². The van der Waals surface area contributed by atoms with Crippen molar-refractivity contribution >= 4 is 20.1 Å². The van der Waals surface area contributed by atoms with Gasteiger partial charge in [-0.1, -0.05) is 37.7 Å². The minimum atomic E-state index is -1.34. The first-order valence-corrected chi connectivity index (χ1v) is 8.91. The molecular weight excluding hydrogens is 228 g/mol. The average molecular weight is 244 g/mol. The van der Waals surface area contributed by atoms with E-state index in [1.54, 1.807) is 6.08 Å². The topological polar surface area (TPSA) is 37.3 Å². The van der Waals surface area contributed by atoms with Crippen molar-refractivity contribution in [1.29, 1.82) is 0 Å². The third-order valence-electron chi connectivity index (χ3n) is 1.91. The highest BCUT2D eigenvalue weighted by Gasteiger charge is 2.07. The lowest BCUT2D eigenvalue weighted by Crippen LogP contribution is -2.16. The van der Waals surface area contributed by atoms with Crippen molar-refractivity contribution in [3.63, 3.8) is 0 Å². The predicted molar refractivity (Wildman–Crippen MR) is 73.3 cm³/mol. The van der Waals surface area contributed by atoms with Crippen LogP contribution in [-0.4, -0.2) is 19.1 Å². The average Bonchev–Trinajstić information content (AvgIpc) is 2.24. The molecular formula is C14H16O2Si. The molecule has 0 aliphatic carbocycles. The fourth-order valence-electron chi connectivity index (χ4n) is 1.10. The molecule has 0 radical (unpaired) electrons. The Labute approximate surface area is 103 Å². The standard InChI is InChI=1S/C14H16O2Si/c1-17(2,3)11-10-13-6-4-12(5-7-13)8-9-14(15)16/h4-9H,1-3H3,(H,15,16)/b9-8+. The number of aliphatic carboxylic acids is 1. The van der Waals surface area contributed by atoms with Crippen LogP contribution in [0.15, 0.2) is 30.3 Å². The van der Waals surface area contributed by atoms with Gasteiger partial charge in [0.1, 0.15) is 8.07 Å². The van der Waals surface area contributed by atoms with Crippen LogP contribution in [-0.2, 0) is 4.79 Å². The van der Waals surface area contributed by atoms with Crippen LogP contribution in [0.1, 0.15) is 11.1 Å². The molecule has 0 spiro atoms. The zero-order valence-electron chi connectivity index (χ0n) is 10.3. The summed E-state index contributed by atoms with van der Waals surface area (Å²) in [6.45, 7) is 6.60. The molecule has 3 heteroatoms. The predicted octanol–water partition coefficient (Wildman–Crippen LogP) is 3.01. The maximum atomic E-state index is 10.3. The number of carbonyl (C=O) groups is 1. The van der Waals surface area contributed by atoms with E-state index in [-0.39, 0.29) is 0 Å². The van der Waals surface area contributed by atoms with Crippen LogP contribution in [0.2, 0.25) is 19.6 Å². The summed E-state index contributed by atoms with van der Waals surface area (Å²) in [4.78, 5) is 10.3. The Balaban J connectivity index is 2.81. The Hall–Kier alpha value is -1.79. The summed E-state index contributed by atoms with van der Waals surface area (Å²) in [5, 5.41) is 8.50. The SMILES string of the molecule is C[Si](C)(C)C#Cc1ccc(/C=C/C(=O)O)cc1. The number of benzene rings is 1. The lowest BCUT2D eigenvalue weighted by molar-refractivity contribution is -0.131. The third-order valence-corrected chi connectivity index (χ3v) is 2.79. The van der Waals surface area contributed by atoms with Crippen LogP contribution in [0.3, 0.4) is 0 Å². The molecule has 0 aromatic heterocycles. The lowest BCUT2D eigenvalue weighted by atomic mass is 10.1. The second-order valence-corrected chi connectivity index (χ2v) is 9.54. The highest BCUT2D eigenvalue weighted by atomic mass is 28.3. The van der Waals surface area contributed by atoms with Crippen LogP contribution in [0.5, 0.6) is 0 Å². The van der Waals surface area contributed by atoms with Gasteiger partial charge in [-0.2, -0.15) is 0 Å².